The third-order valence-electron chi connectivity index (χ3n) is 3.60. The molecule has 2 amide bonds. The SMILES string of the molecule is COc1ccccc1OCC#CCNC(=O)Nc1ccc(C)c(C)c1. The van der Waals surface area contributed by atoms with E-state index in [4.69, 9.17) is 9.47 Å². The van der Waals surface area contributed by atoms with Gasteiger partial charge in [0.2, 0.25) is 0 Å². The lowest BCUT2D eigenvalue weighted by atomic mass is 10.1. The van der Waals surface area contributed by atoms with E-state index < -0.39 is 0 Å². The van der Waals surface area contributed by atoms with E-state index in [1.807, 2.05) is 56.3 Å². The first-order valence-corrected chi connectivity index (χ1v) is 7.94. The minimum atomic E-state index is -0.289. The highest BCUT2D eigenvalue weighted by atomic mass is 16.5. The first-order chi connectivity index (χ1) is 12.1. The number of methoxy groups -OCH3 is 1. The quantitative estimate of drug-likeness (QED) is 0.820. The predicted molar refractivity (Wildman–Crippen MR) is 99.2 cm³/mol. The number of urea groups is 1. The summed E-state index contributed by atoms with van der Waals surface area (Å²) in [4.78, 5) is 11.8. The van der Waals surface area contributed by atoms with E-state index in [0.717, 1.165) is 11.3 Å². The van der Waals surface area contributed by atoms with Crippen molar-refractivity contribution in [1.29, 1.82) is 0 Å². The third-order valence-corrected chi connectivity index (χ3v) is 3.60. The molecule has 2 aromatic carbocycles. The number of amides is 2. The number of anilines is 1. The van der Waals surface area contributed by atoms with Crippen LogP contribution in [0.3, 0.4) is 0 Å². The first kappa shape index (κ1) is 18.2. The molecule has 0 aliphatic carbocycles. The van der Waals surface area contributed by atoms with Crippen LogP contribution < -0.4 is 20.1 Å². The summed E-state index contributed by atoms with van der Waals surface area (Å²) in [5, 5.41) is 5.46. The van der Waals surface area contributed by atoms with Crippen molar-refractivity contribution in [1.82, 2.24) is 5.32 Å². The molecule has 0 unspecified atom stereocenters. The fourth-order valence-corrected chi connectivity index (χ4v) is 2.08. The standard InChI is InChI=1S/C20H22N2O3/c1-15-10-11-17(14-16(15)2)22-20(23)21-12-6-7-13-25-19-9-5-4-8-18(19)24-3/h4-5,8-11,14H,12-13H2,1-3H3,(H2,21,22,23). The van der Waals surface area contributed by atoms with Gasteiger partial charge in [-0.05, 0) is 49.2 Å². The average Bonchev–Trinajstić information content (AvgIpc) is 2.61. The molecule has 0 atom stereocenters. The summed E-state index contributed by atoms with van der Waals surface area (Å²) in [6.07, 6.45) is 0. The van der Waals surface area contributed by atoms with Gasteiger partial charge in [-0.25, -0.2) is 4.79 Å². The Morgan fingerprint density at radius 2 is 1.80 bits per heavy atom. The van der Waals surface area contributed by atoms with Crippen molar-refractivity contribution in [2.75, 3.05) is 25.6 Å². The molecule has 2 aromatic rings. The number of carbonyl (C=O) groups excluding carboxylic acids is 1. The van der Waals surface area contributed by atoms with Crippen LogP contribution in [-0.4, -0.2) is 26.3 Å². The number of carbonyl (C=O) groups is 1. The zero-order chi connectivity index (χ0) is 18.1. The Morgan fingerprint density at radius 1 is 1.04 bits per heavy atom. The van der Waals surface area contributed by atoms with E-state index in [9.17, 15) is 4.79 Å². The maximum absolute atomic E-state index is 11.8. The summed E-state index contributed by atoms with van der Waals surface area (Å²) >= 11 is 0. The molecule has 0 bridgehead atoms. The van der Waals surface area contributed by atoms with Gasteiger partial charge in [-0.3, -0.25) is 0 Å². The molecule has 5 nitrogen and oxygen atoms in total. The normalized spacial score (nSPS) is 9.56. The van der Waals surface area contributed by atoms with E-state index in [-0.39, 0.29) is 19.2 Å². The number of hydrogen-bond acceptors (Lipinski definition) is 3. The molecule has 0 saturated carbocycles. The van der Waals surface area contributed by atoms with Crippen LogP contribution in [0, 0.1) is 25.7 Å². The van der Waals surface area contributed by atoms with Gasteiger partial charge in [0.1, 0.15) is 6.61 Å². The fourth-order valence-electron chi connectivity index (χ4n) is 2.08. The molecule has 0 radical (unpaired) electrons. The second kappa shape index (κ2) is 9.24. The lowest BCUT2D eigenvalue weighted by Crippen LogP contribution is -2.29. The smallest absolute Gasteiger partial charge is 0.319 e. The number of aryl methyl sites for hydroxylation is 2. The van der Waals surface area contributed by atoms with Crippen LogP contribution in [-0.2, 0) is 0 Å². The molecule has 2 rings (SSSR count). The van der Waals surface area contributed by atoms with E-state index in [0.29, 0.717) is 11.5 Å². The molecule has 0 heterocycles. The molecule has 0 aliphatic rings. The van der Waals surface area contributed by atoms with Crippen molar-refractivity contribution in [2.24, 2.45) is 0 Å². The van der Waals surface area contributed by atoms with Gasteiger partial charge in [0.15, 0.2) is 11.5 Å². The Morgan fingerprint density at radius 3 is 2.52 bits per heavy atom. The Kier molecular flexibility index (Phi) is 6.73. The van der Waals surface area contributed by atoms with Crippen molar-refractivity contribution in [2.45, 2.75) is 13.8 Å². The summed E-state index contributed by atoms with van der Waals surface area (Å²) in [7, 11) is 1.59. The van der Waals surface area contributed by atoms with Crippen LogP contribution in [0.5, 0.6) is 11.5 Å². The first-order valence-electron chi connectivity index (χ1n) is 7.94. The van der Waals surface area contributed by atoms with Gasteiger partial charge in [-0.1, -0.05) is 30.0 Å². The van der Waals surface area contributed by atoms with E-state index >= 15 is 0 Å². The van der Waals surface area contributed by atoms with Crippen molar-refractivity contribution in [3.05, 3.63) is 53.6 Å². The van der Waals surface area contributed by atoms with Gasteiger partial charge < -0.3 is 20.1 Å². The molecule has 0 fully saturated rings. The fraction of sp³-hybridized carbons (Fsp3) is 0.250. The molecule has 0 aliphatic heterocycles. The van der Waals surface area contributed by atoms with Gasteiger partial charge in [-0.15, -0.1) is 0 Å². The second-order valence-electron chi connectivity index (χ2n) is 5.40. The van der Waals surface area contributed by atoms with Crippen LogP contribution in [0.25, 0.3) is 0 Å². The molecule has 0 saturated heterocycles. The highest BCUT2D eigenvalue weighted by Gasteiger charge is 2.02. The summed E-state index contributed by atoms with van der Waals surface area (Å²) in [5.41, 5.74) is 3.08. The Bertz CT molecular complexity index is 791. The zero-order valence-electron chi connectivity index (χ0n) is 14.7. The number of benzene rings is 2. The van der Waals surface area contributed by atoms with Gasteiger partial charge in [0.05, 0.1) is 13.7 Å². The summed E-state index contributed by atoms with van der Waals surface area (Å²) < 4.78 is 10.7. The number of hydrogen-bond donors (Lipinski definition) is 2. The molecule has 0 spiro atoms. The molecule has 0 aromatic heterocycles. The lowest BCUT2D eigenvalue weighted by Gasteiger charge is -2.08. The maximum atomic E-state index is 11.8. The molecule has 5 heteroatoms. The summed E-state index contributed by atoms with van der Waals surface area (Å²) in [6, 6.07) is 12.9. The van der Waals surface area contributed by atoms with E-state index in [2.05, 4.69) is 22.5 Å². The van der Waals surface area contributed by atoms with Crippen molar-refractivity contribution >= 4 is 11.7 Å². The Hall–Kier alpha value is -3.13. The molecule has 130 valence electrons. The van der Waals surface area contributed by atoms with Gasteiger partial charge in [0.25, 0.3) is 0 Å². The topological polar surface area (TPSA) is 59.6 Å². The number of para-hydroxylation sites is 2. The molecule has 25 heavy (non-hydrogen) atoms. The summed E-state index contributed by atoms with van der Waals surface area (Å²) in [6.45, 7) is 4.50. The number of ether oxygens (including phenoxy) is 2. The highest BCUT2D eigenvalue weighted by Crippen LogP contribution is 2.25. The zero-order valence-corrected chi connectivity index (χ0v) is 14.7. The minimum Gasteiger partial charge on any atom is -0.493 e. The lowest BCUT2D eigenvalue weighted by molar-refractivity contribution is 0.253. The van der Waals surface area contributed by atoms with Gasteiger partial charge in [-0.2, -0.15) is 0 Å². The van der Waals surface area contributed by atoms with Crippen molar-refractivity contribution in [3.63, 3.8) is 0 Å². The second-order valence-corrected chi connectivity index (χ2v) is 5.40. The van der Waals surface area contributed by atoms with E-state index in [1.54, 1.807) is 7.11 Å². The van der Waals surface area contributed by atoms with E-state index in [1.165, 1.54) is 5.56 Å². The van der Waals surface area contributed by atoms with Crippen LogP contribution >= 0.6 is 0 Å². The van der Waals surface area contributed by atoms with Gasteiger partial charge in [0, 0.05) is 5.69 Å². The average molecular weight is 338 g/mol. The predicted octanol–water partition coefficient (Wildman–Crippen LogP) is 3.52. The largest absolute Gasteiger partial charge is 0.493 e. The number of nitrogens with one attached hydrogen (secondary N) is 2. The molecule has 2 N–H and O–H groups in total. The molecular formula is C20H22N2O3. The van der Waals surface area contributed by atoms with Crippen LogP contribution in [0.4, 0.5) is 10.5 Å². The third kappa shape index (κ3) is 5.78. The van der Waals surface area contributed by atoms with Crippen LogP contribution in [0.1, 0.15) is 11.1 Å². The minimum absolute atomic E-state index is 0.223. The Balaban J connectivity index is 1.72. The molecular weight excluding hydrogens is 316 g/mol. The number of rotatable bonds is 5. The van der Waals surface area contributed by atoms with Crippen molar-refractivity contribution in [3.8, 4) is 23.3 Å². The summed E-state index contributed by atoms with van der Waals surface area (Å²) in [5.74, 6) is 6.99. The monoisotopic (exact) mass is 338 g/mol. The van der Waals surface area contributed by atoms with Crippen LogP contribution in [0.15, 0.2) is 42.5 Å². The highest BCUT2D eigenvalue weighted by molar-refractivity contribution is 5.89. The van der Waals surface area contributed by atoms with Crippen LogP contribution in [0.2, 0.25) is 0 Å². The maximum Gasteiger partial charge on any atom is 0.319 e. The van der Waals surface area contributed by atoms with Crippen molar-refractivity contribution < 1.29 is 14.3 Å². The van der Waals surface area contributed by atoms with Gasteiger partial charge >= 0.3 is 6.03 Å². The Labute approximate surface area is 148 Å².